The summed E-state index contributed by atoms with van der Waals surface area (Å²) in [5, 5.41) is 7.20. The number of nitrogens with zero attached hydrogens (tertiary/aromatic N) is 1. The molecule has 1 atom stereocenters. The summed E-state index contributed by atoms with van der Waals surface area (Å²) in [6, 6.07) is 0.490. The highest BCUT2D eigenvalue weighted by Gasteiger charge is 2.20. The van der Waals surface area contributed by atoms with Crippen molar-refractivity contribution in [1.29, 1.82) is 0 Å². The van der Waals surface area contributed by atoms with Crippen molar-refractivity contribution in [2.45, 2.75) is 40.2 Å². The van der Waals surface area contributed by atoms with Gasteiger partial charge >= 0.3 is 0 Å². The van der Waals surface area contributed by atoms with Crippen LogP contribution < -0.4 is 10.6 Å². The van der Waals surface area contributed by atoms with Gasteiger partial charge in [0.25, 0.3) is 0 Å². The van der Waals surface area contributed by atoms with Gasteiger partial charge < -0.3 is 10.6 Å². The van der Waals surface area contributed by atoms with Gasteiger partial charge in [0.05, 0.1) is 0 Å². The van der Waals surface area contributed by atoms with E-state index in [1.165, 1.54) is 6.42 Å². The fourth-order valence-electron chi connectivity index (χ4n) is 1.66. The second-order valence-corrected chi connectivity index (χ2v) is 6.53. The molecule has 0 aromatic carbocycles. The Kier molecular flexibility index (Phi) is 6.54. The van der Waals surface area contributed by atoms with Gasteiger partial charge in [-0.1, -0.05) is 39.5 Å². The molecule has 2 N–H and O–H groups in total. The van der Waals surface area contributed by atoms with Gasteiger partial charge in [-0.15, -0.1) is 0 Å². The maximum atomic E-state index is 11.6. The summed E-state index contributed by atoms with van der Waals surface area (Å²) >= 11 is 1.71. The third kappa shape index (κ3) is 5.76. The number of aliphatic imine (C=N–C) groups is 1. The van der Waals surface area contributed by atoms with Crippen LogP contribution in [0, 0.1) is 11.8 Å². The summed E-state index contributed by atoms with van der Waals surface area (Å²) in [5.41, 5.74) is 0. The lowest BCUT2D eigenvalue weighted by Crippen LogP contribution is -2.41. The SMILES string of the molecule is CC(C)CNC(=O)CN=C1NC(C(C)C)CCS1. The zero-order valence-corrected chi connectivity index (χ0v) is 12.6. The van der Waals surface area contributed by atoms with Crippen molar-refractivity contribution < 1.29 is 4.79 Å². The summed E-state index contributed by atoms with van der Waals surface area (Å²) < 4.78 is 0. The Morgan fingerprint density at radius 2 is 2.22 bits per heavy atom. The van der Waals surface area contributed by atoms with Crippen molar-refractivity contribution in [2.75, 3.05) is 18.8 Å². The Bertz CT molecular complexity index is 303. The summed E-state index contributed by atoms with van der Waals surface area (Å²) in [4.78, 5) is 15.9. The molecule has 0 radical (unpaired) electrons. The molecular formula is C13H25N3OS. The van der Waals surface area contributed by atoms with E-state index >= 15 is 0 Å². The van der Waals surface area contributed by atoms with E-state index in [2.05, 4.69) is 43.3 Å². The number of amides is 1. The Balaban J connectivity index is 2.35. The molecule has 1 unspecified atom stereocenters. The van der Waals surface area contributed by atoms with Crippen molar-refractivity contribution >= 4 is 22.8 Å². The van der Waals surface area contributed by atoms with Crippen LogP contribution >= 0.6 is 11.8 Å². The predicted octanol–water partition coefficient (Wildman–Crippen LogP) is 1.87. The zero-order chi connectivity index (χ0) is 13.5. The van der Waals surface area contributed by atoms with E-state index in [9.17, 15) is 4.79 Å². The summed E-state index contributed by atoms with van der Waals surface area (Å²) in [5.74, 6) is 2.17. The minimum Gasteiger partial charge on any atom is -0.362 e. The number of thioether (sulfide) groups is 1. The monoisotopic (exact) mass is 271 g/mol. The standard InChI is InChI=1S/C13H25N3OS/c1-9(2)7-14-12(17)8-15-13-16-11(10(3)4)5-6-18-13/h9-11H,5-8H2,1-4H3,(H,14,17)(H,15,16). The highest BCUT2D eigenvalue weighted by molar-refractivity contribution is 8.13. The van der Waals surface area contributed by atoms with Crippen molar-refractivity contribution in [3.05, 3.63) is 0 Å². The topological polar surface area (TPSA) is 53.5 Å². The maximum Gasteiger partial charge on any atom is 0.241 e. The Labute approximate surface area is 114 Å². The van der Waals surface area contributed by atoms with Crippen molar-refractivity contribution in [1.82, 2.24) is 10.6 Å². The van der Waals surface area contributed by atoms with Crippen LogP contribution in [0.25, 0.3) is 0 Å². The van der Waals surface area contributed by atoms with Gasteiger partial charge in [0.15, 0.2) is 5.17 Å². The van der Waals surface area contributed by atoms with E-state index in [-0.39, 0.29) is 12.5 Å². The van der Waals surface area contributed by atoms with Crippen LogP contribution in [0.4, 0.5) is 0 Å². The highest BCUT2D eigenvalue weighted by atomic mass is 32.2. The van der Waals surface area contributed by atoms with E-state index in [0.717, 1.165) is 17.5 Å². The molecule has 1 fully saturated rings. The number of nitrogens with one attached hydrogen (secondary N) is 2. The minimum atomic E-state index is 0.00488. The number of rotatable bonds is 5. The molecule has 0 saturated carbocycles. The Morgan fingerprint density at radius 3 is 2.83 bits per heavy atom. The lowest BCUT2D eigenvalue weighted by molar-refractivity contribution is -0.119. The number of hydrogen-bond donors (Lipinski definition) is 2. The zero-order valence-electron chi connectivity index (χ0n) is 11.8. The predicted molar refractivity (Wildman–Crippen MR) is 79.0 cm³/mol. The number of hydrogen-bond acceptors (Lipinski definition) is 3. The van der Waals surface area contributed by atoms with E-state index in [0.29, 0.717) is 17.9 Å². The summed E-state index contributed by atoms with van der Waals surface area (Å²) in [7, 11) is 0. The Morgan fingerprint density at radius 1 is 1.50 bits per heavy atom. The van der Waals surface area contributed by atoms with Crippen molar-refractivity contribution in [2.24, 2.45) is 16.8 Å². The van der Waals surface area contributed by atoms with Gasteiger partial charge in [0.1, 0.15) is 6.54 Å². The molecule has 104 valence electrons. The normalized spacial score (nSPS) is 22.3. The molecule has 1 aliphatic heterocycles. The number of amidine groups is 1. The maximum absolute atomic E-state index is 11.6. The fraction of sp³-hybridized carbons (Fsp3) is 0.846. The first-order chi connectivity index (χ1) is 8.49. The average molecular weight is 271 g/mol. The minimum absolute atomic E-state index is 0.00488. The van der Waals surface area contributed by atoms with Gasteiger partial charge in [-0.25, -0.2) is 0 Å². The first kappa shape index (κ1) is 15.3. The van der Waals surface area contributed by atoms with Crippen LogP contribution in [-0.2, 0) is 4.79 Å². The van der Waals surface area contributed by atoms with Crippen LogP contribution in [0.2, 0.25) is 0 Å². The first-order valence-corrected chi connectivity index (χ1v) is 7.68. The fourth-order valence-corrected chi connectivity index (χ4v) is 2.62. The number of carbonyl (C=O) groups is 1. The molecule has 18 heavy (non-hydrogen) atoms. The molecule has 1 heterocycles. The van der Waals surface area contributed by atoms with Crippen LogP contribution in [-0.4, -0.2) is 36.0 Å². The number of carbonyl (C=O) groups excluding carboxylic acids is 1. The van der Waals surface area contributed by atoms with Gasteiger partial charge in [-0.05, 0) is 18.3 Å². The van der Waals surface area contributed by atoms with E-state index < -0.39 is 0 Å². The van der Waals surface area contributed by atoms with Gasteiger partial charge in [-0.2, -0.15) is 0 Å². The molecule has 0 bridgehead atoms. The molecule has 1 saturated heterocycles. The van der Waals surface area contributed by atoms with E-state index in [1.807, 2.05) is 0 Å². The van der Waals surface area contributed by atoms with Crippen LogP contribution in [0.15, 0.2) is 4.99 Å². The largest absolute Gasteiger partial charge is 0.362 e. The first-order valence-electron chi connectivity index (χ1n) is 6.69. The van der Waals surface area contributed by atoms with Gasteiger partial charge in [0, 0.05) is 18.3 Å². The van der Waals surface area contributed by atoms with Crippen LogP contribution in [0.5, 0.6) is 0 Å². The molecule has 0 aromatic rings. The van der Waals surface area contributed by atoms with Gasteiger partial charge in [0.2, 0.25) is 5.91 Å². The van der Waals surface area contributed by atoms with Gasteiger partial charge in [-0.3, -0.25) is 9.79 Å². The molecular weight excluding hydrogens is 246 g/mol. The molecule has 0 spiro atoms. The summed E-state index contributed by atoms with van der Waals surface area (Å²) in [6.07, 6.45) is 1.17. The van der Waals surface area contributed by atoms with Crippen LogP contribution in [0.1, 0.15) is 34.1 Å². The molecule has 0 aliphatic carbocycles. The molecule has 4 nitrogen and oxygen atoms in total. The van der Waals surface area contributed by atoms with Crippen molar-refractivity contribution in [3.8, 4) is 0 Å². The molecule has 5 heteroatoms. The molecule has 1 rings (SSSR count). The summed E-state index contributed by atoms with van der Waals surface area (Å²) in [6.45, 7) is 9.53. The van der Waals surface area contributed by atoms with Crippen molar-refractivity contribution in [3.63, 3.8) is 0 Å². The molecule has 0 aromatic heterocycles. The molecule has 1 aliphatic rings. The van der Waals surface area contributed by atoms with E-state index in [4.69, 9.17) is 0 Å². The lowest BCUT2D eigenvalue weighted by Gasteiger charge is -2.28. The highest BCUT2D eigenvalue weighted by Crippen LogP contribution is 2.18. The second kappa shape index (κ2) is 7.67. The smallest absolute Gasteiger partial charge is 0.241 e. The average Bonchev–Trinajstić information content (AvgIpc) is 2.34. The molecule has 1 amide bonds. The van der Waals surface area contributed by atoms with E-state index in [1.54, 1.807) is 11.8 Å². The van der Waals surface area contributed by atoms with Crippen LogP contribution in [0.3, 0.4) is 0 Å². The third-order valence-corrected chi connectivity index (χ3v) is 3.82. The lowest BCUT2D eigenvalue weighted by atomic mass is 10.0. The Hall–Kier alpha value is -0.710. The third-order valence-electron chi connectivity index (χ3n) is 2.85. The second-order valence-electron chi connectivity index (χ2n) is 5.45. The quantitative estimate of drug-likeness (QED) is 0.802.